The second kappa shape index (κ2) is 7.61. The van der Waals surface area contributed by atoms with Crippen LogP contribution in [0.5, 0.6) is 0 Å². The van der Waals surface area contributed by atoms with Gasteiger partial charge in [-0.3, -0.25) is 9.59 Å². The molecule has 1 aromatic heterocycles. The van der Waals surface area contributed by atoms with E-state index in [9.17, 15) is 14.4 Å². The van der Waals surface area contributed by atoms with Crippen LogP contribution in [0.15, 0.2) is 71.1 Å². The van der Waals surface area contributed by atoms with E-state index < -0.39 is 5.97 Å². The third-order valence-corrected chi connectivity index (χ3v) is 3.81. The Labute approximate surface area is 150 Å². The third-order valence-electron chi connectivity index (χ3n) is 3.81. The van der Waals surface area contributed by atoms with Gasteiger partial charge in [0.25, 0.3) is 0 Å². The van der Waals surface area contributed by atoms with E-state index in [0.717, 1.165) is 5.56 Å². The van der Waals surface area contributed by atoms with Crippen LogP contribution in [0.4, 0.5) is 0 Å². The van der Waals surface area contributed by atoms with Gasteiger partial charge in [-0.15, -0.1) is 0 Å². The summed E-state index contributed by atoms with van der Waals surface area (Å²) in [4.78, 5) is 35.3. The minimum Gasteiger partial charge on any atom is -0.451 e. The van der Waals surface area contributed by atoms with Crippen LogP contribution in [0.25, 0.3) is 11.3 Å². The van der Waals surface area contributed by atoms with E-state index in [-0.39, 0.29) is 23.9 Å². The van der Waals surface area contributed by atoms with Gasteiger partial charge in [0.1, 0.15) is 5.76 Å². The number of ketones is 2. The number of hydrogen-bond donors (Lipinski definition) is 0. The van der Waals surface area contributed by atoms with Gasteiger partial charge in [0.05, 0.1) is 0 Å². The first kappa shape index (κ1) is 17.4. The fourth-order valence-corrected chi connectivity index (χ4v) is 2.38. The van der Waals surface area contributed by atoms with Crippen molar-refractivity contribution < 1.29 is 23.5 Å². The van der Waals surface area contributed by atoms with Crippen LogP contribution >= 0.6 is 0 Å². The molecule has 0 radical (unpaired) electrons. The second-order valence-electron chi connectivity index (χ2n) is 5.66. The number of carbonyl (C=O) groups is 3. The zero-order valence-corrected chi connectivity index (χ0v) is 14.1. The van der Waals surface area contributed by atoms with E-state index in [4.69, 9.17) is 9.15 Å². The highest BCUT2D eigenvalue weighted by molar-refractivity contribution is 5.99. The molecular weight excluding hydrogens is 332 g/mol. The van der Waals surface area contributed by atoms with E-state index in [1.807, 2.05) is 0 Å². The van der Waals surface area contributed by atoms with Gasteiger partial charge >= 0.3 is 5.97 Å². The number of esters is 1. The lowest BCUT2D eigenvalue weighted by Crippen LogP contribution is -2.13. The molecule has 0 amide bonds. The third kappa shape index (κ3) is 3.95. The van der Waals surface area contributed by atoms with Gasteiger partial charge in [0.2, 0.25) is 5.76 Å². The summed E-state index contributed by atoms with van der Waals surface area (Å²) in [6, 6.07) is 18.6. The molecule has 0 spiro atoms. The fourth-order valence-electron chi connectivity index (χ4n) is 2.38. The van der Waals surface area contributed by atoms with Gasteiger partial charge in [0, 0.05) is 16.7 Å². The minimum absolute atomic E-state index is 0.0107. The Morgan fingerprint density at radius 2 is 1.54 bits per heavy atom. The molecule has 0 aliphatic heterocycles. The summed E-state index contributed by atoms with van der Waals surface area (Å²) < 4.78 is 10.5. The summed E-state index contributed by atoms with van der Waals surface area (Å²) in [5.74, 6) is -0.535. The highest BCUT2D eigenvalue weighted by Gasteiger charge is 2.16. The van der Waals surface area contributed by atoms with E-state index in [2.05, 4.69) is 0 Å². The van der Waals surface area contributed by atoms with Crippen molar-refractivity contribution in [1.82, 2.24) is 0 Å². The summed E-state index contributed by atoms with van der Waals surface area (Å²) in [7, 11) is 0. The van der Waals surface area contributed by atoms with Crippen molar-refractivity contribution in [1.29, 1.82) is 0 Å². The van der Waals surface area contributed by atoms with Gasteiger partial charge in [-0.2, -0.15) is 0 Å². The van der Waals surface area contributed by atoms with Crippen molar-refractivity contribution >= 4 is 17.5 Å². The molecule has 3 aromatic rings. The van der Waals surface area contributed by atoms with Crippen LogP contribution < -0.4 is 0 Å². The van der Waals surface area contributed by atoms with Crippen molar-refractivity contribution in [3.8, 4) is 11.3 Å². The highest BCUT2D eigenvalue weighted by atomic mass is 16.5. The molecule has 130 valence electrons. The normalized spacial score (nSPS) is 10.3. The van der Waals surface area contributed by atoms with Crippen molar-refractivity contribution in [2.75, 3.05) is 6.61 Å². The molecule has 0 unspecified atom stereocenters. The van der Waals surface area contributed by atoms with E-state index in [1.54, 1.807) is 60.7 Å². The SMILES string of the molecule is CC(=O)c1ccc(-c2ccc(C(=O)OCC(=O)c3ccccc3)o2)cc1. The Morgan fingerprint density at radius 3 is 2.19 bits per heavy atom. The average molecular weight is 348 g/mol. The molecule has 5 nitrogen and oxygen atoms in total. The number of furan rings is 1. The molecule has 0 bridgehead atoms. The van der Waals surface area contributed by atoms with Gasteiger partial charge in [-0.05, 0) is 19.1 Å². The number of ether oxygens (including phenoxy) is 1. The molecule has 0 saturated heterocycles. The van der Waals surface area contributed by atoms with Crippen LogP contribution in [-0.2, 0) is 4.74 Å². The number of carbonyl (C=O) groups excluding carboxylic acids is 3. The minimum atomic E-state index is -0.708. The molecule has 0 saturated carbocycles. The van der Waals surface area contributed by atoms with Crippen LogP contribution in [0.2, 0.25) is 0 Å². The van der Waals surface area contributed by atoms with Crippen LogP contribution in [-0.4, -0.2) is 24.1 Å². The molecule has 0 aliphatic carbocycles. The maximum Gasteiger partial charge on any atom is 0.374 e. The van der Waals surface area contributed by atoms with Gasteiger partial charge in [-0.1, -0.05) is 54.6 Å². The van der Waals surface area contributed by atoms with Crippen molar-refractivity contribution in [3.05, 3.63) is 83.6 Å². The predicted octanol–water partition coefficient (Wildman–Crippen LogP) is 4.19. The molecular formula is C21H16O5. The Bertz CT molecular complexity index is 936. The molecule has 3 rings (SSSR count). The molecule has 26 heavy (non-hydrogen) atoms. The Morgan fingerprint density at radius 1 is 0.846 bits per heavy atom. The number of hydrogen-bond acceptors (Lipinski definition) is 5. The Hall–Kier alpha value is -3.47. The van der Waals surface area contributed by atoms with Crippen molar-refractivity contribution in [3.63, 3.8) is 0 Å². The second-order valence-corrected chi connectivity index (χ2v) is 5.66. The number of Topliss-reactive ketones (excluding diaryl/α,β-unsaturated/α-hetero) is 2. The molecule has 0 N–H and O–H groups in total. The van der Waals surface area contributed by atoms with Crippen molar-refractivity contribution in [2.45, 2.75) is 6.92 Å². The molecule has 1 heterocycles. The lowest BCUT2D eigenvalue weighted by atomic mass is 10.1. The maximum absolute atomic E-state index is 12.1. The topological polar surface area (TPSA) is 73.6 Å². The quantitative estimate of drug-likeness (QED) is 0.493. The summed E-state index contributed by atoms with van der Waals surface area (Å²) in [6.07, 6.45) is 0. The molecule has 0 atom stereocenters. The first-order chi connectivity index (χ1) is 12.5. The predicted molar refractivity (Wildman–Crippen MR) is 95.2 cm³/mol. The monoisotopic (exact) mass is 348 g/mol. The lowest BCUT2D eigenvalue weighted by molar-refractivity contribution is 0.0445. The fraction of sp³-hybridized carbons (Fsp3) is 0.0952. The van der Waals surface area contributed by atoms with Gasteiger partial charge < -0.3 is 9.15 Å². The van der Waals surface area contributed by atoms with Crippen LogP contribution in [0.1, 0.15) is 38.2 Å². The molecule has 5 heteroatoms. The molecule has 2 aromatic carbocycles. The summed E-state index contributed by atoms with van der Waals surface area (Å²) in [5, 5.41) is 0. The van der Waals surface area contributed by atoms with E-state index in [0.29, 0.717) is 16.9 Å². The van der Waals surface area contributed by atoms with E-state index >= 15 is 0 Å². The Balaban J connectivity index is 1.64. The summed E-state index contributed by atoms with van der Waals surface area (Å²) >= 11 is 0. The zero-order valence-electron chi connectivity index (χ0n) is 14.1. The van der Waals surface area contributed by atoms with Crippen LogP contribution in [0, 0.1) is 0 Å². The summed E-state index contributed by atoms with van der Waals surface area (Å²) in [6.45, 7) is 1.14. The van der Waals surface area contributed by atoms with E-state index in [1.165, 1.54) is 13.0 Å². The summed E-state index contributed by atoms with van der Waals surface area (Å²) in [5.41, 5.74) is 1.81. The van der Waals surface area contributed by atoms with Gasteiger partial charge in [0.15, 0.2) is 18.2 Å². The number of benzene rings is 2. The first-order valence-corrected chi connectivity index (χ1v) is 8.01. The maximum atomic E-state index is 12.1. The standard InChI is InChI=1S/C21H16O5/c1-14(22)15-7-9-17(10-8-15)19-11-12-20(26-19)21(24)25-13-18(23)16-5-3-2-4-6-16/h2-12H,13H2,1H3. The van der Waals surface area contributed by atoms with Crippen molar-refractivity contribution in [2.24, 2.45) is 0 Å². The smallest absolute Gasteiger partial charge is 0.374 e. The largest absolute Gasteiger partial charge is 0.451 e. The highest BCUT2D eigenvalue weighted by Crippen LogP contribution is 2.23. The zero-order chi connectivity index (χ0) is 18.5. The molecule has 0 fully saturated rings. The van der Waals surface area contributed by atoms with Gasteiger partial charge in [-0.25, -0.2) is 4.79 Å². The number of rotatable bonds is 6. The van der Waals surface area contributed by atoms with Crippen LogP contribution in [0.3, 0.4) is 0 Å². The first-order valence-electron chi connectivity index (χ1n) is 8.01. The Kier molecular flexibility index (Phi) is 5.08. The molecule has 0 aliphatic rings. The average Bonchev–Trinajstić information content (AvgIpc) is 3.17. The lowest BCUT2D eigenvalue weighted by Gasteiger charge is -2.03.